The number of nitrogens with zero attached hydrogens (tertiary/aromatic N) is 2. The first-order valence-corrected chi connectivity index (χ1v) is 10.8. The maximum absolute atomic E-state index is 13.3. The van der Waals surface area contributed by atoms with Gasteiger partial charge in [-0.2, -0.15) is 9.57 Å². The van der Waals surface area contributed by atoms with Crippen LogP contribution in [-0.2, 0) is 14.8 Å². The van der Waals surface area contributed by atoms with Gasteiger partial charge < -0.3 is 9.84 Å². The third kappa shape index (κ3) is 2.58. The van der Waals surface area contributed by atoms with Gasteiger partial charge in [0.05, 0.1) is 24.8 Å². The Kier molecular flexibility index (Phi) is 4.33. The van der Waals surface area contributed by atoms with Crippen molar-refractivity contribution in [3.05, 3.63) is 29.3 Å². The highest BCUT2D eigenvalue weighted by atomic mass is 32.2. The summed E-state index contributed by atoms with van der Waals surface area (Å²) < 4.78 is 34.9. The van der Waals surface area contributed by atoms with E-state index in [-0.39, 0.29) is 19.1 Å². The summed E-state index contributed by atoms with van der Waals surface area (Å²) >= 11 is 1.24. The van der Waals surface area contributed by atoms with E-state index >= 15 is 0 Å². The molecule has 0 radical (unpaired) electrons. The zero-order valence-corrected chi connectivity index (χ0v) is 16.1. The third-order valence-corrected chi connectivity index (χ3v) is 9.37. The molecule has 138 valence electrons. The molecule has 6 nitrogen and oxygen atoms in total. The molecule has 2 atom stereocenters. The number of aliphatic hydroxyl groups is 1. The quantitative estimate of drug-likeness (QED) is 0.864. The zero-order valence-electron chi connectivity index (χ0n) is 14.4. The number of rotatable bonds is 3. The molecule has 2 aliphatic heterocycles. The zero-order chi connectivity index (χ0) is 18.5. The second-order valence-corrected chi connectivity index (χ2v) is 10.4. The molecule has 0 aliphatic carbocycles. The summed E-state index contributed by atoms with van der Waals surface area (Å²) in [5, 5.41) is 19.8. The Labute approximate surface area is 156 Å². The van der Waals surface area contributed by atoms with Crippen molar-refractivity contribution in [3.8, 4) is 6.07 Å². The van der Waals surface area contributed by atoms with Crippen molar-refractivity contribution in [2.75, 3.05) is 32.9 Å². The van der Waals surface area contributed by atoms with E-state index in [1.54, 1.807) is 25.1 Å². The summed E-state index contributed by atoms with van der Waals surface area (Å²) in [4.78, 5) is 0. The van der Waals surface area contributed by atoms with E-state index in [1.165, 1.54) is 15.6 Å². The van der Waals surface area contributed by atoms with Crippen LogP contribution in [-0.4, -0.2) is 50.7 Å². The van der Waals surface area contributed by atoms with Crippen molar-refractivity contribution in [3.63, 3.8) is 0 Å². The minimum Gasteiger partial charge on any atom is -0.396 e. The van der Waals surface area contributed by atoms with Gasteiger partial charge in [-0.1, -0.05) is 0 Å². The molecular weight excluding hydrogens is 372 g/mol. The molecule has 2 aromatic rings. The minimum atomic E-state index is -3.65. The third-order valence-electron chi connectivity index (χ3n) is 5.69. The lowest BCUT2D eigenvalue weighted by atomic mass is 9.76. The van der Waals surface area contributed by atoms with Crippen molar-refractivity contribution in [1.82, 2.24) is 4.31 Å². The number of hydrogen-bond donors (Lipinski definition) is 1. The molecule has 0 saturated carbocycles. The van der Waals surface area contributed by atoms with Gasteiger partial charge in [0.2, 0.25) is 0 Å². The van der Waals surface area contributed by atoms with E-state index < -0.39 is 15.4 Å². The van der Waals surface area contributed by atoms with Gasteiger partial charge in [0.1, 0.15) is 4.21 Å². The first-order chi connectivity index (χ1) is 12.4. The van der Waals surface area contributed by atoms with E-state index in [0.29, 0.717) is 35.1 Å². The highest BCUT2D eigenvalue weighted by Crippen LogP contribution is 2.44. The van der Waals surface area contributed by atoms with E-state index in [1.807, 2.05) is 0 Å². The fraction of sp³-hybridized carbons (Fsp3) is 0.500. The molecule has 0 unspecified atom stereocenters. The molecule has 1 aromatic heterocycles. The molecule has 2 aliphatic rings. The lowest BCUT2D eigenvalue weighted by molar-refractivity contribution is -0.0552. The standard InChI is InChI=1S/C18H20N2O4S2/c1-12-15-6-13(7-19)2-3-16(15)25-17(12)26(22,23)20-8-14-4-5-24-11-18(14,9-20)10-21/h2-3,6,14,21H,4-5,8-11H2,1H3/t14-,18+/m0/s1. The van der Waals surface area contributed by atoms with Crippen molar-refractivity contribution in [1.29, 1.82) is 5.26 Å². The first-order valence-electron chi connectivity index (χ1n) is 8.53. The summed E-state index contributed by atoms with van der Waals surface area (Å²) in [6.45, 7) is 3.44. The SMILES string of the molecule is Cc1c(S(=O)(=O)N2C[C@@H]3CCOC[C@]3(CO)C2)sc2ccc(C#N)cc12. The van der Waals surface area contributed by atoms with Crippen molar-refractivity contribution in [2.24, 2.45) is 11.3 Å². The van der Waals surface area contributed by atoms with Crippen molar-refractivity contribution in [2.45, 2.75) is 17.6 Å². The van der Waals surface area contributed by atoms with Crippen molar-refractivity contribution >= 4 is 31.4 Å². The molecule has 0 amide bonds. The Bertz CT molecular complexity index is 1010. The molecule has 0 spiro atoms. The molecule has 2 fully saturated rings. The van der Waals surface area contributed by atoms with Gasteiger partial charge in [0.15, 0.2) is 0 Å². The maximum Gasteiger partial charge on any atom is 0.252 e. The summed E-state index contributed by atoms with van der Waals surface area (Å²) in [5.41, 5.74) is 0.710. The van der Waals surface area contributed by atoms with Crippen LogP contribution in [0.2, 0.25) is 0 Å². The molecule has 3 heterocycles. The number of ether oxygens (including phenoxy) is 1. The predicted molar refractivity (Wildman–Crippen MR) is 98.5 cm³/mol. The molecule has 1 aromatic carbocycles. The van der Waals surface area contributed by atoms with Crippen LogP contribution >= 0.6 is 11.3 Å². The Hall–Kier alpha value is -1.50. The van der Waals surface area contributed by atoms with Crippen LogP contribution in [0.5, 0.6) is 0 Å². The predicted octanol–water partition coefficient (Wildman–Crippen LogP) is 2.10. The van der Waals surface area contributed by atoms with Gasteiger partial charge in [-0.05, 0) is 48.4 Å². The molecule has 26 heavy (non-hydrogen) atoms. The van der Waals surface area contributed by atoms with E-state index in [9.17, 15) is 13.5 Å². The first kappa shape index (κ1) is 17.9. The van der Waals surface area contributed by atoms with Crippen LogP contribution in [0, 0.1) is 29.6 Å². The highest BCUT2D eigenvalue weighted by molar-refractivity contribution is 7.91. The summed E-state index contributed by atoms with van der Waals surface area (Å²) in [5.74, 6) is 0.121. The summed E-state index contributed by atoms with van der Waals surface area (Å²) in [6, 6.07) is 7.35. The number of aliphatic hydroxyl groups excluding tert-OH is 1. The second kappa shape index (κ2) is 6.29. The Balaban J connectivity index is 1.75. The number of thiophene rings is 1. The van der Waals surface area contributed by atoms with Crippen LogP contribution in [0.15, 0.2) is 22.4 Å². The summed E-state index contributed by atoms with van der Waals surface area (Å²) in [6.07, 6.45) is 0.767. The maximum atomic E-state index is 13.3. The largest absolute Gasteiger partial charge is 0.396 e. The van der Waals surface area contributed by atoms with E-state index in [4.69, 9.17) is 10.00 Å². The molecule has 2 saturated heterocycles. The van der Waals surface area contributed by atoms with Crippen LogP contribution < -0.4 is 0 Å². The normalized spacial score (nSPS) is 26.7. The molecule has 8 heteroatoms. The van der Waals surface area contributed by atoms with E-state index in [2.05, 4.69) is 6.07 Å². The lowest BCUT2D eigenvalue weighted by Gasteiger charge is -2.36. The molecule has 0 bridgehead atoms. The van der Waals surface area contributed by atoms with Crippen LogP contribution in [0.3, 0.4) is 0 Å². The Morgan fingerprint density at radius 3 is 3.00 bits per heavy atom. The number of nitriles is 1. The van der Waals surface area contributed by atoms with Crippen molar-refractivity contribution < 1.29 is 18.3 Å². The van der Waals surface area contributed by atoms with Gasteiger partial charge in [-0.25, -0.2) is 8.42 Å². The fourth-order valence-electron chi connectivity index (χ4n) is 4.09. The molecule has 4 rings (SSSR count). The van der Waals surface area contributed by atoms with Gasteiger partial charge in [0, 0.05) is 29.8 Å². The highest BCUT2D eigenvalue weighted by Gasteiger charge is 2.51. The van der Waals surface area contributed by atoms with Gasteiger partial charge in [0.25, 0.3) is 10.0 Å². The number of sulfonamides is 1. The smallest absolute Gasteiger partial charge is 0.252 e. The topological polar surface area (TPSA) is 90.6 Å². The Morgan fingerprint density at radius 1 is 1.50 bits per heavy atom. The van der Waals surface area contributed by atoms with E-state index in [0.717, 1.165) is 16.5 Å². The van der Waals surface area contributed by atoms with Gasteiger partial charge >= 0.3 is 0 Å². The van der Waals surface area contributed by atoms with Gasteiger partial charge in [-0.3, -0.25) is 0 Å². The van der Waals surface area contributed by atoms with Crippen LogP contribution in [0.1, 0.15) is 17.5 Å². The minimum absolute atomic E-state index is 0.0688. The van der Waals surface area contributed by atoms with Crippen LogP contribution in [0.25, 0.3) is 10.1 Å². The second-order valence-electron chi connectivity index (χ2n) is 7.19. The Morgan fingerprint density at radius 2 is 2.31 bits per heavy atom. The number of fused-ring (bicyclic) bond motifs is 2. The monoisotopic (exact) mass is 392 g/mol. The lowest BCUT2D eigenvalue weighted by Crippen LogP contribution is -2.43. The van der Waals surface area contributed by atoms with Gasteiger partial charge in [-0.15, -0.1) is 11.3 Å². The number of hydrogen-bond acceptors (Lipinski definition) is 6. The average Bonchev–Trinajstić information content (AvgIpc) is 3.21. The average molecular weight is 393 g/mol. The summed E-state index contributed by atoms with van der Waals surface area (Å²) in [7, 11) is -3.65. The molecule has 1 N–H and O–H groups in total. The fourth-order valence-corrected chi connectivity index (χ4v) is 7.55. The number of aryl methyl sites for hydroxylation is 1. The van der Waals surface area contributed by atoms with Crippen LogP contribution in [0.4, 0.5) is 0 Å². The number of benzene rings is 1. The molecular formula is C18H20N2O4S2.